The minimum Gasteiger partial charge on any atom is -0.396 e. The Balaban J connectivity index is 2.08. The van der Waals surface area contributed by atoms with Gasteiger partial charge in [-0.3, -0.25) is 9.48 Å². The van der Waals surface area contributed by atoms with Crippen molar-refractivity contribution in [3.8, 4) is 0 Å². The van der Waals surface area contributed by atoms with E-state index in [0.717, 1.165) is 31.4 Å². The van der Waals surface area contributed by atoms with Crippen molar-refractivity contribution in [2.45, 2.75) is 58.5 Å². The van der Waals surface area contributed by atoms with Gasteiger partial charge in [-0.1, -0.05) is 12.8 Å². The predicted molar refractivity (Wildman–Crippen MR) is 77.6 cm³/mol. The Bertz CT molecular complexity index is 468. The summed E-state index contributed by atoms with van der Waals surface area (Å²) in [6, 6.07) is 0.333. The van der Waals surface area contributed by atoms with E-state index in [2.05, 4.69) is 10.4 Å². The summed E-state index contributed by atoms with van der Waals surface area (Å²) in [6.45, 7) is 6.16. The topological polar surface area (TPSA) is 67.2 Å². The van der Waals surface area contributed by atoms with Gasteiger partial charge in [0.15, 0.2) is 0 Å². The minimum atomic E-state index is -0.0697. The molecule has 0 spiro atoms. The fourth-order valence-electron chi connectivity index (χ4n) is 3.03. The third-order valence-corrected chi connectivity index (χ3v) is 4.24. The van der Waals surface area contributed by atoms with Crippen LogP contribution in [0.4, 0.5) is 0 Å². The predicted octanol–water partition coefficient (Wildman–Crippen LogP) is 2.05. The molecule has 2 rings (SSSR count). The van der Waals surface area contributed by atoms with Gasteiger partial charge in [-0.15, -0.1) is 0 Å². The Morgan fingerprint density at radius 1 is 1.50 bits per heavy atom. The highest BCUT2D eigenvalue weighted by molar-refractivity contribution is 5.95. The maximum absolute atomic E-state index is 12.4. The summed E-state index contributed by atoms with van der Waals surface area (Å²) in [5, 5.41) is 16.8. The monoisotopic (exact) mass is 279 g/mol. The number of aliphatic hydroxyl groups is 1. The van der Waals surface area contributed by atoms with Crippen LogP contribution in [0.15, 0.2) is 6.20 Å². The number of carbonyl (C=O) groups excluding carboxylic acids is 1. The van der Waals surface area contributed by atoms with E-state index in [1.165, 1.54) is 0 Å². The molecule has 1 aliphatic carbocycles. The maximum Gasteiger partial charge on any atom is 0.254 e. The number of nitrogens with zero attached hydrogens (tertiary/aromatic N) is 2. The third kappa shape index (κ3) is 3.03. The van der Waals surface area contributed by atoms with Crippen LogP contribution in [0, 0.1) is 12.8 Å². The SMILES string of the molecule is Cc1c(C(=O)NC2CCCCC2CO)cnn1C(C)C. The van der Waals surface area contributed by atoms with Crippen molar-refractivity contribution >= 4 is 5.91 Å². The molecule has 1 fully saturated rings. The fraction of sp³-hybridized carbons (Fsp3) is 0.733. The largest absolute Gasteiger partial charge is 0.396 e. The van der Waals surface area contributed by atoms with Gasteiger partial charge in [0.05, 0.1) is 11.8 Å². The van der Waals surface area contributed by atoms with Gasteiger partial charge in [-0.05, 0) is 33.6 Å². The Morgan fingerprint density at radius 2 is 2.20 bits per heavy atom. The van der Waals surface area contributed by atoms with Gasteiger partial charge in [0, 0.05) is 30.3 Å². The zero-order valence-corrected chi connectivity index (χ0v) is 12.6. The summed E-state index contributed by atoms with van der Waals surface area (Å²) in [6.07, 6.45) is 5.84. The first-order valence-corrected chi connectivity index (χ1v) is 7.50. The van der Waals surface area contributed by atoms with Crippen LogP contribution in [0.1, 0.15) is 61.6 Å². The molecule has 1 aromatic rings. The van der Waals surface area contributed by atoms with Gasteiger partial charge < -0.3 is 10.4 Å². The molecule has 1 amide bonds. The van der Waals surface area contributed by atoms with Gasteiger partial charge in [-0.25, -0.2) is 0 Å². The lowest BCUT2D eigenvalue weighted by Gasteiger charge is -2.30. The number of rotatable bonds is 4. The lowest BCUT2D eigenvalue weighted by Crippen LogP contribution is -2.43. The van der Waals surface area contributed by atoms with Crippen molar-refractivity contribution in [3.05, 3.63) is 17.5 Å². The zero-order chi connectivity index (χ0) is 14.7. The molecule has 1 aliphatic rings. The van der Waals surface area contributed by atoms with Crippen molar-refractivity contribution in [1.82, 2.24) is 15.1 Å². The van der Waals surface area contributed by atoms with Gasteiger partial charge in [0.25, 0.3) is 5.91 Å². The molecular weight excluding hydrogens is 254 g/mol. The molecule has 1 saturated carbocycles. The molecule has 0 aromatic carbocycles. The van der Waals surface area contributed by atoms with Crippen LogP contribution >= 0.6 is 0 Å². The summed E-state index contributed by atoms with van der Waals surface area (Å²) in [7, 11) is 0. The number of aromatic nitrogens is 2. The van der Waals surface area contributed by atoms with E-state index in [1.807, 2.05) is 25.5 Å². The standard InChI is InChI=1S/C15H25N3O2/c1-10(2)18-11(3)13(8-16-18)15(20)17-14-7-5-4-6-12(14)9-19/h8,10,12,14,19H,4-7,9H2,1-3H3,(H,17,20). The molecular formula is C15H25N3O2. The number of hydrogen-bond donors (Lipinski definition) is 2. The van der Waals surface area contributed by atoms with Gasteiger partial charge >= 0.3 is 0 Å². The summed E-state index contributed by atoms with van der Waals surface area (Å²) in [5.74, 6) is 0.118. The zero-order valence-electron chi connectivity index (χ0n) is 12.6. The lowest BCUT2D eigenvalue weighted by molar-refractivity contribution is 0.0872. The molecule has 2 N–H and O–H groups in total. The van der Waals surface area contributed by atoms with E-state index < -0.39 is 0 Å². The van der Waals surface area contributed by atoms with Crippen LogP contribution in [-0.4, -0.2) is 33.4 Å². The second-order valence-corrected chi connectivity index (χ2v) is 5.99. The van der Waals surface area contributed by atoms with E-state index in [1.54, 1.807) is 6.20 Å². The first-order valence-electron chi connectivity index (χ1n) is 7.50. The average molecular weight is 279 g/mol. The molecule has 5 nitrogen and oxygen atoms in total. The Kier molecular flexibility index (Phi) is 4.81. The number of nitrogens with one attached hydrogen (secondary N) is 1. The first kappa shape index (κ1) is 15.0. The molecule has 5 heteroatoms. The third-order valence-electron chi connectivity index (χ3n) is 4.24. The summed E-state index contributed by atoms with van der Waals surface area (Å²) in [5.41, 5.74) is 1.54. The molecule has 2 unspecified atom stereocenters. The first-order chi connectivity index (χ1) is 9.54. The van der Waals surface area contributed by atoms with E-state index in [9.17, 15) is 9.90 Å². The Morgan fingerprint density at radius 3 is 2.80 bits per heavy atom. The summed E-state index contributed by atoms with van der Waals surface area (Å²) >= 11 is 0. The molecule has 1 aromatic heterocycles. The molecule has 0 bridgehead atoms. The molecule has 0 radical (unpaired) electrons. The van der Waals surface area contributed by atoms with E-state index in [4.69, 9.17) is 0 Å². The molecule has 0 aliphatic heterocycles. The Hall–Kier alpha value is -1.36. The minimum absolute atomic E-state index is 0.0697. The molecule has 20 heavy (non-hydrogen) atoms. The van der Waals surface area contributed by atoms with Gasteiger partial charge in [0.1, 0.15) is 0 Å². The number of aliphatic hydroxyl groups excluding tert-OH is 1. The van der Waals surface area contributed by atoms with Crippen molar-refractivity contribution in [2.24, 2.45) is 5.92 Å². The molecule has 1 heterocycles. The summed E-state index contributed by atoms with van der Waals surface area (Å²) in [4.78, 5) is 12.4. The van der Waals surface area contributed by atoms with Crippen LogP contribution < -0.4 is 5.32 Å². The molecule has 0 saturated heterocycles. The van der Waals surface area contributed by atoms with Crippen LogP contribution in [0.2, 0.25) is 0 Å². The average Bonchev–Trinajstić information content (AvgIpc) is 2.81. The Labute approximate surface area is 120 Å². The highest BCUT2D eigenvalue weighted by Gasteiger charge is 2.27. The molecule has 2 atom stereocenters. The van der Waals surface area contributed by atoms with Crippen LogP contribution in [0.25, 0.3) is 0 Å². The fourth-order valence-corrected chi connectivity index (χ4v) is 3.03. The lowest BCUT2D eigenvalue weighted by atomic mass is 9.85. The van der Waals surface area contributed by atoms with Gasteiger partial charge in [-0.2, -0.15) is 5.10 Å². The smallest absolute Gasteiger partial charge is 0.254 e. The van der Waals surface area contributed by atoms with Crippen molar-refractivity contribution in [3.63, 3.8) is 0 Å². The second kappa shape index (κ2) is 6.39. The normalized spacial score (nSPS) is 23.1. The molecule has 112 valence electrons. The quantitative estimate of drug-likeness (QED) is 0.886. The highest BCUT2D eigenvalue weighted by Crippen LogP contribution is 2.24. The van der Waals surface area contributed by atoms with Crippen molar-refractivity contribution in [1.29, 1.82) is 0 Å². The maximum atomic E-state index is 12.4. The van der Waals surface area contributed by atoms with Gasteiger partial charge in [0.2, 0.25) is 0 Å². The second-order valence-electron chi connectivity index (χ2n) is 5.99. The van der Waals surface area contributed by atoms with E-state index >= 15 is 0 Å². The van der Waals surface area contributed by atoms with Crippen LogP contribution in [0.5, 0.6) is 0 Å². The number of hydrogen-bond acceptors (Lipinski definition) is 3. The van der Waals surface area contributed by atoms with Crippen molar-refractivity contribution in [2.75, 3.05) is 6.61 Å². The van der Waals surface area contributed by atoms with Crippen LogP contribution in [-0.2, 0) is 0 Å². The van der Waals surface area contributed by atoms with E-state index in [0.29, 0.717) is 5.56 Å². The number of carbonyl (C=O) groups is 1. The number of amides is 1. The summed E-state index contributed by atoms with van der Waals surface area (Å²) < 4.78 is 1.86. The van der Waals surface area contributed by atoms with Crippen molar-refractivity contribution < 1.29 is 9.90 Å². The van der Waals surface area contributed by atoms with Crippen LogP contribution in [0.3, 0.4) is 0 Å². The highest BCUT2D eigenvalue weighted by atomic mass is 16.3. The van der Waals surface area contributed by atoms with E-state index in [-0.39, 0.29) is 30.5 Å².